The van der Waals surface area contributed by atoms with Gasteiger partial charge in [-0.15, -0.1) is 0 Å². The molecule has 1 unspecified atom stereocenters. The first-order valence-corrected chi connectivity index (χ1v) is 9.87. The van der Waals surface area contributed by atoms with E-state index in [1.165, 1.54) is 0 Å². The highest BCUT2D eigenvalue weighted by atomic mass is 16.3. The van der Waals surface area contributed by atoms with Crippen LogP contribution in [0.4, 0.5) is 5.95 Å². The molecule has 0 spiro atoms. The summed E-state index contributed by atoms with van der Waals surface area (Å²) < 4.78 is 0. The maximum absolute atomic E-state index is 12.9. The number of hydrogen-bond donors (Lipinski definition) is 2. The quantitative estimate of drug-likeness (QED) is 0.659. The zero-order valence-electron chi connectivity index (χ0n) is 16.4. The molecule has 2 aromatic carbocycles. The fourth-order valence-electron chi connectivity index (χ4n) is 3.56. The average molecular weight is 405 g/mol. The summed E-state index contributed by atoms with van der Waals surface area (Å²) in [6.45, 7) is 1.66. The second-order valence-corrected chi connectivity index (χ2v) is 7.13. The lowest BCUT2D eigenvalue weighted by Crippen LogP contribution is -2.56. The van der Waals surface area contributed by atoms with Gasteiger partial charge < -0.3 is 20.2 Å². The summed E-state index contributed by atoms with van der Waals surface area (Å²) in [4.78, 5) is 37.6. The summed E-state index contributed by atoms with van der Waals surface area (Å²) in [5.74, 6) is -0.0438. The Morgan fingerprint density at radius 3 is 2.37 bits per heavy atom. The normalized spacial score (nSPS) is 15.1. The van der Waals surface area contributed by atoms with E-state index in [1.54, 1.807) is 35.5 Å². The lowest BCUT2D eigenvalue weighted by molar-refractivity contribution is -0.134. The van der Waals surface area contributed by atoms with E-state index >= 15 is 0 Å². The third-order valence-corrected chi connectivity index (χ3v) is 5.22. The van der Waals surface area contributed by atoms with Crippen molar-refractivity contribution in [2.45, 2.75) is 6.04 Å². The second kappa shape index (κ2) is 8.87. The number of anilines is 1. The van der Waals surface area contributed by atoms with Gasteiger partial charge in [0.2, 0.25) is 11.9 Å². The lowest BCUT2D eigenvalue weighted by atomic mass is 10.1. The zero-order chi connectivity index (χ0) is 20.9. The van der Waals surface area contributed by atoms with Crippen LogP contribution in [-0.4, -0.2) is 70.6 Å². The first kappa shape index (κ1) is 19.8. The fraction of sp³-hybridized carbons (Fsp3) is 0.273. The summed E-state index contributed by atoms with van der Waals surface area (Å²) in [5, 5.41) is 14.4. The number of carbonyl (C=O) groups excluding carboxylic acids is 2. The predicted octanol–water partition coefficient (Wildman–Crippen LogP) is 1.07. The van der Waals surface area contributed by atoms with Crippen LogP contribution in [0.3, 0.4) is 0 Å². The Kier molecular flexibility index (Phi) is 5.85. The Morgan fingerprint density at radius 2 is 1.67 bits per heavy atom. The van der Waals surface area contributed by atoms with E-state index in [-0.39, 0.29) is 11.8 Å². The van der Waals surface area contributed by atoms with Crippen molar-refractivity contribution < 1.29 is 14.7 Å². The molecule has 3 aromatic rings. The SMILES string of the molecule is O=C(NC(CO)C(=O)N1CCN(c2ncccn2)CC1)c1ccc2ccccc2c1. The van der Waals surface area contributed by atoms with Gasteiger partial charge >= 0.3 is 0 Å². The van der Waals surface area contributed by atoms with Crippen molar-refractivity contribution in [1.29, 1.82) is 0 Å². The minimum atomic E-state index is -0.983. The molecule has 2 heterocycles. The van der Waals surface area contributed by atoms with Crippen molar-refractivity contribution in [2.24, 2.45) is 0 Å². The Bertz CT molecular complexity index is 1040. The number of piperazine rings is 1. The Balaban J connectivity index is 1.38. The molecule has 0 aliphatic carbocycles. The van der Waals surface area contributed by atoms with Crippen molar-refractivity contribution in [1.82, 2.24) is 20.2 Å². The molecule has 0 radical (unpaired) electrons. The van der Waals surface area contributed by atoms with Crippen molar-refractivity contribution in [3.63, 3.8) is 0 Å². The van der Waals surface area contributed by atoms with Crippen LogP contribution in [0, 0.1) is 0 Å². The number of rotatable bonds is 5. The molecular weight excluding hydrogens is 382 g/mol. The van der Waals surface area contributed by atoms with Gasteiger partial charge in [-0.25, -0.2) is 9.97 Å². The van der Waals surface area contributed by atoms with Gasteiger partial charge in [-0.1, -0.05) is 30.3 Å². The van der Waals surface area contributed by atoms with Gasteiger partial charge in [0.25, 0.3) is 5.91 Å². The smallest absolute Gasteiger partial charge is 0.252 e. The van der Waals surface area contributed by atoms with Crippen LogP contribution in [0.15, 0.2) is 60.9 Å². The summed E-state index contributed by atoms with van der Waals surface area (Å²) >= 11 is 0. The molecular formula is C22H23N5O3. The lowest BCUT2D eigenvalue weighted by Gasteiger charge is -2.36. The molecule has 2 N–H and O–H groups in total. The number of hydrogen-bond acceptors (Lipinski definition) is 6. The molecule has 1 aliphatic rings. The first-order valence-electron chi connectivity index (χ1n) is 9.87. The number of aliphatic hydroxyl groups is 1. The monoisotopic (exact) mass is 405 g/mol. The van der Waals surface area contributed by atoms with E-state index < -0.39 is 12.6 Å². The van der Waals surface area contributed by atoms with Gasteiger partial charge in [0, 0.05) is 44.1 Å². The van der Waals surface area contributed by atoms with Crippen LogP contribution in [-0.2, 0) is 4.79 Å². The average Bonchev–Trinajstić information content (AvgIpc) is 2.82. The van der Waals surface area contributed by atoms with Gasteiger partial charge in [0.1, 0.15) is 6.04 Å². The Labute approximate surface area is 174 Å². The molecule has 1 saturated heterocycles. The summed E-state index contributed by atoms with van der Waals surface area (Å²) in [6.07, 6.45) is 3.37. The number of aromatic nitrogens is 2. The summed E-state index contributed by atoms with van der Waals surface area (Å²) in [5.41, 5.74) is 0.450. The molecule has 1 atom stereocenters. The number of benzene rings is 2. The first-order chi connectivity index (χ1) is 14.7. The van der Waals surface area contributed by atoms with Crippen LogP contribution in [0.2, 0.25) is 0 Å². The Morgan fingerprint density at radius 1 is 0.967 bits per heavy atom. The highest BCUT2D eigenvalue weighted by Gasteiger charge is 2.29. The molecule has 2 amide bonds. The largest absolute Gasteiger partial charge is 0.394 e. The minimum Gasteiger partial charge on any atom is -0.394 e. The van der Waals surface area contributed by atoms with Crippen LogP contribution in [0.5, 0.6) is 0 Å². The number of nitrogens with one attached hydrogen (secondary N) is 1. The van der Waals surface area contributed by atoms with Gasteiger partial charge in [0.05, 0.1) is 6.61 Å². The topological polar surface area (TPSA) is 98.7 Å². The molecule has 1 aromatic heterocycles. The molecule has 1 aliphatic heterocycles. The van der Waals surface area contributed by atoms with Crippen LogP contribution in [0.1, 0.15) is 10.4 Å². The van der Waals surface area contributed by atoms with E-state index in [9.17, 15) is 14.7 Å². The molecule has 8 heteroatoms. The zero-order valence-corrected chi connectivity index (χ0v) is 16.4. The fourth-order valence-corrected chi connectivity index (χ4v) is 3.56. The number of aliphatic hydroxyl groups excluding tert-OH is 1. The van der Waals surface area contributed by atoms with Crippen molar-refractivity contribution in [3.05, 3.63) is 66.5 Å². The number of amides is 2. The van der Waals surface area contributed by atoms with E-state index in [4.69, 9.17) is 0 Å². The molecule has 0 bridgehead atoms. The molecule has 1 fully saturated rings. The molecule has 30 heavy (non-hydrogen) atoms. The third kappa shape index (κ3) is 4.23. The van der Waals surface area contributed by atoms with E-state index in [1.807, 2.05) is 35.2 Å². The van der Waals surface area contributed by atoms with Gasteiger partial charge in [-0.2, -0.15) is 0 Å². The van der Waals surface area contributed by atoms with Crippen molar-refractivity contribution in [3.8, 4) is 0 Å². The minimum absolute atomic E-state index is 0.291. The third-order valence-electron chi connectivity index (χ3n) is 5.22. The highest BCUT2D eigenvalue weighted by molar-refractivity contribution is 6.00. The molecule has 4 rings (SSSR count). The summed E-state index contributed by atoms with van der Waals surface area (Å²) in [6, 6.07) is 13.9. The maximum Gasteiger partial charge on any atom is 0.252 e. The van der Waals surface area contributed by atoms with Gasteiger partial charge in [-0.3, -0.25) is 9.59 Å². The van der Waals surface area contributed by atoms with Gasteiger partial charge in [0.15, 0.2) is 0 Å². The predicted molar refractivity (Wildman–Crippen MR) is 113 cm³/mol. The molecule has 154 valence electrons. The second-order valence-electron chi connectivity index (χ2n) is 7.13. The maximum atomic E-state index is 12.9. The number of carbonyl (C=O) groups is 2. The summed E-state index contributed by atoms with van der Waals surface area (Å²) in [7, 11) is 0. The number of fused-ring (bicyclic) bond motifs is 1. The van der Waals surface area contributed by atoms with Gasteiger partial charge in [-0.05, 0) is 29.0 Å². The van der Waals surface area contributed by atoms with E-state index in [2.05, 4.69) is 15.3 Å². The molecule has 8 nitrogen and oxygen atoms in total. The van der Waals surface area contributed by atoms with E-state index in [0.717, 1.165) is 10.8 Å². The van der Waals surface area contributed by atoms with Crippen LogP contribution >= 0.6 is 0 Å². The van der Waals surface area contributed by atoms with Crippen LogP contribution in [0.25, 0.3) is 10.8 Å². The molecule has 0 saturated carbocycles. The number of nitrogens with zero attached hydrogens (tertiary/aromatic N) is 4. The standard InChI is InChI=1S/C22H23N5O3/c28-15-19(25-20(29)18-7-6-16-4-1-2-5-17(16)14-18)21(30)26-10-12-27(13-11-26)22-23-8-3-9-24-22/h1-9,14,19,28H,10-13,15H2,(H,25,29). The van der Waals surface area contributed by atoms with Crippen molar-refractivity contribution >= 4 is 28.5 Å². The van der Waals surface area contributed by atoms with Crippen LogP contribution < -0.4 is 10.2 Å². The highest BCUT2D eigenvalue weighted by Crippen LogP contribution is 2.16. The Hall–Kier alpha value is -3.52. The van der Waals surface area contributed by atoms with Crippen molar-refractivity contribution in [2.75, 3.05) is 37.7 Å². The van der Waals surface area contributed by atoms with E-state index in [0.29, 0.717) is 37.7 Å².